The van der Waals surface area contributed by atoms with Gasteiger partial charge in [-0.15, -0.1) is 0 Å². The van der Waals surface area contributed by atoms with Gasteiger partial charge in [0.05, 0.1) is 0 Å². The lowest BCUT2D eigenvalue weighted by Gasteiger charge is -2.15. The summed E-state index contributed by atoms with van der Waals surface area (Å²) < 4.78 is 35.7. The van der Waals surface area contributed by atoms with Crippen molar-refractivity contribution in [3.8, 4) is 0 Å². The summed E-state index contributed by atoms with van der Waals surface area (Å²) in [5.74, 6) is -1.94. The van der Waals surface area contributed by atoms with Gasteiger partial charge in [-0.3, -0.25) is 4.79 Å². The predicted molar refractivity (Wildman–Crippen MR) is 41.3 cm³/mol. The summed E-state index contributed by atoms with van der Waals surface area (Å²) in [4.78, 5) is 10.2. The van der Waals surface area contributed by atoms with Gasteiger partial charge in [-0.05, 0) is 12.3 Å². The van der Waals surface area contributed by atoms with Crippen LogP contribution < -0.4 is 0 Å². The summed E-state index contributed by atoms with van der Waals surface area (Å²) in [7, 11) is 0. The molecule has 2 nitrogen and oxygen atoms in total. The SMILES string of the molecule is CCCC(CC(=O)O)CC(F)(F)F. The van der Waals surface area contributed by atoms with Gasteiger partial charge in [0.15, 0.2) is 0 Å². The molecule has 78 valence electrons. The number of hydrogen-bond acceptors (Lipinski definition) is 1. The maximum atomic E-state index is 11.9. The molecule has 5 heteroatoms. The van der Waals surface area contributed by atoms with E-state index >= 15 is 0 Å². The molecule has 0 aliphatic carbocycles. The third-order valence-electron chi connectivity index (χ3n) is 1.68. The molecule has 0 heterocycles. The Morgan fingerprint density at radius 2 is 2.00 bits per heavy atom. The fraction of sp³-hybridized carbons (Fsp3) is 0.875. The monoisotopic (exact) mass is 198 g/mol. The highest BCUT2D eigenvalue weighted by Gasteiger charge is 2.32. The molecule has 0 saturated heterocycles. The van der Waals surface area contributed by atoms with Crippen LogP contribution >= 0.6 is 0 Å². The zero-order valence-electron chi connectivity index (χ0n) is 7.40. The number of alkyl halides is 3. The fourth-order valence-corrected chi connectivity index (χ4v) is 1.26. The molecule has 0 radical (unpaired) electrons. The van der Waals surface area contributed by atoms with Crippen LogP contribution in [0.2, 0.25) is 0 Å². The smallest absolute Gasteiger partial charge is 0.389 e. The Morgan fingerprint density at radius 3 is 2.31 bits per heavy atom. The molecule has 1 atom stereocenters. The second-order valence-corrected chi connectivity index (χ2v) is 3.07. The van der Waals surface area contributed by atoms with E-state index in [2.05, 4.69) is 0 Å². The van der Waals surface area contributed by atoms with Crippen LogP contribution in [-0.2, 0) is 4.79 Å². The van der Waals surface area contributed by atoms with E-state index in [1.807, 2.05) is 0 Å². The van der Waals surface area contributed by atoms with Crippen LogP contribution in [0.25, 0.3) is 0 Å². The van der Waals surface area contributed by atoms with E-state index in [1.165, 1.54) is 0 Å². The van der Waals surface area contributed by atoms with Gasteiger partial charge in [0.1, 0.15) is 0 Å². The second-order valence-electron chi connectivity index (χ2n) is 3.07. The first-order valence-electron chi connectivity index (χ1n) is 4.13. The minimum absolute atomic E-state index is 0.311. The maximum absolute atomic E-state index is 11.9. The molecule has 0 bridgehead atoms. The third-order valence-corrected chi connectivity index (χ3v) is 1.68. The molecule has 0 saturated carbocycles. The van der Waals surface area contributed by atoms with Crippen molar-refractivity contribution in [2.75, 3.05) is 0 Å². The Labute approximate surface area is 74.7 Å². The Hall–Kier alpha value is -0.740. The number of aliphatic carboxylic acids is 1. The summed E-state index contributed by atoms with van der Waals surface area (Å²) in [6.45, 7) is 1.74. The third kappa shape index (κ3) is 7.62. The molecule has 0 spiro atoms. The molecule has 1 N–H and O–H groups in total. The van der Waals surface area contributed by atoms with Crippen LogP contribution in [0.15, 0.2) is 0 Å². The first-order chi connectivity index (χ1) is 5.85. The maximum Gasteiger partial charge on any atom is 0.389 e. The molecular formula is C8H13F3O2. The topological polar surface area (TPSA) is 37.3 Å². The molecule has 0 aromatic carbocycles. The number of carboxylic acids is 1. The molecule has 1 unspecified atom stereocenters. The molecule has 0 rings (SSSR count). The minimum atomic E-state index is -4.25. The molecule has 0 aliphatic heterocycles. The zero-order valence-corrected chi connectivity index (χ0v) is 7.40. The number of carboxylic acid groups (broad SMARTS) is 1. The van der Waals surface area contributed by atoms with Crippen molar-refractivity contribution in [3.05, 3.63) is 0 Å². The highest BCUT2D eigenvalue weighted by molar-refractivity contribution is 5.66. The predicted octanol–water partition coefficient (Wildman–Crippen LogP) is 2.83. The minimum Gasteiger partial charge on any atom is -0.481 e. The first-order valence-corrected chi connectivity index (χ1v) is 4.13. The average molecular weight is 198 g/mol. The molecule has 0 aliphatic rings. The Balaban J connectivity index is 4.01. The lowest BCUT2D eigenvalue weighted by atomic mass is 9.96. The number of carbonyl (C=O) groups is 1. The number of halogens is 3. The fourth-order valence-electron chi connectivity index (χ4n) is 1.26. The normalized spacial score (nSPS) is 14.2. The van der Waals surface area contributed by atoms with Gasteiger partial charge in [0.25, 0.3) is 0 Å². The largest absolute Gasteiger partial charge is 0.481 e. The summed E-state index contributed by atoms with van der Waals surface area (Å²) in [5.41, 5.74) is 0. The average Bonchev–Trinajstić information content (AvgIpc) is 1.81. The van der Waals surface area contributed by atoms with E-state index in [4.69, 9.17) is 5.11 Å². The van der Waals surface area contributed by atoms with Gasteiger partial charge >= 0.3 is 12.1 Å². The van der Waals surface area contributed by atoms with Crippen molar-refractivity contribution >= 4 is 5.97 Å². The highest BCUT2D eigenvalue weighted by Crippen LogP contribution is 2.29. The van der Waals surface area contributed by atoms with Crippen molar-refractivity contribution in [2.45, 2.75) is 38.8 Å². The highest BCUT2D eigenvalue weighted by atomic mass is 19.4. The standard InChI is InChI=1S/C8H13F3O2/c1-2-3-6(4-7(12)13)5-8(9,10)11/h6H,2-5H2,1H3,(H,12,13). The van der Waals surface area contributed by atoms with Gasteiger partial charge in [-0.25, -0.2) is 0 Å². The van der Waals surface area contributed by atoms with Gasteiger partial charge in [-0.1, -0.05) is 13.3 Å². The van der Waals surface area contributed by atoms with Crippen LogP contribution in [0.3, 0.4) is 0 Å². The van der Waals surface area contributed by atoms with E-state index in [-0.39, 0.29) is 0 Å². The van der Waals surface area contributed by atoms with Crippen molar-refractivity contribution in [1.82, 2.24) is 0 Å². The van der Waals surface area contributed by atoms with E-state index in [0.29, 0.717) is 12.8 Å². The van der Waals surface area contributed by atoms with E-state index < -0.39 is 30.9 Å². The summed E-state index contributed by atoms with van der Waals surface area (Å²) in [5, 5.41) is 8.34. The van der Waals surface area contributed by atoms with Crippen molar-refractivity contribution in [1.29, 1.82) is 0 Å². The van der Waals surface area contributed by atoms with Crippen LogP contribution in [-0.4, -0.2) is 17.3 Å². The van der Waals surface area contributed by atoms with E-state index in [1.54, 1.807) is 6.92 Å². The van der Waals surface area contributed by atoms with Gasteiger partial charge in [0.2, 0.25) is 0 Å². The van der Waals surface area contributed by atoms with Gasteiger partial charge in [0, 0.05) is 12.8 Å². The summed E-state index contributed by atoms with van der Waals surface area (Å²) >= 11 is 0. The summed E-state index contributed by atoms with van der Waals surface area (Å²) in [6, 6.07) is 0. The van der Waals surface area contributed by atoms with Crippen LogP contribution in [0, 0.1) is 5.92 Å². The number of hydrogen-bond donors (Lipinski definition) is 1. The van der Waals surface area contributed by atoms with Crippen LogP contribution in [0.5, 0.6) is 0 Å². The molecule has 0 aromatic heterocycles. The molecule has 0 amide bonds. The van der Waals surface area contributed by atoms with E-state index in [0.717, 1.165) is 0 Å². The Bertz CT molecular complexity index is 165. The molecule has 0 aromatic rings. The van der Waals surface area contributed by atoms with E-state index in [9.17, 15) is 18.0 Å². The van der Waals surface area contributed by atoms with Crippen molar-refractivity contribution < 1.29 is 23.1 Å². The zero-order chi connectivity index (χ0) is 10.5. The van der Waals surface area contributed by atoms with Crippen LogP contribution in [0.4, 0.5) is 13.2 Å². The second kappa shape index (κ2) is 5.09. The lowest BCUT2D eigenvalue weighted by molar-refractivity contribution is -0.151. The Kier molecular flexibility index (Phi) is 4.80. The van der Waals surface area contributed by atoms with Gasteiger partial charge in [-0.2, -0.15) is 13.2 Å². The van der Waals surface area contributed by atoms with Gasteiger partial charge < -0.3 is 5.11 Å². The van der Waals surface area contributed by atoms with Crippen LogP contribution in [0.1, 0.15) is 32.6 Å². The molecule has 0 fully saturated rings. The number of rotatable bonds is 5. The molecular weight excluding hydrogens is 185 g/mol. The van der Waals surface area contributed by atoms with Crippen molar-refractivity contribution in [2.24, 2.45) is 5.92 Å². The first kappa shape index (κ1) is 12.3. The molecule has 13 heavy (non-hydrogen) atoms. The lowest BCUT2D eigenvalue weighted by Crippen LogP contribution is -2.17. The quantitative estimate of drug-likeness (QED) is 0.737. The summed E-state index contributed by atoms with van der Waals surface area (Å²) in [6.07, 6.45) is -4.75. The Morgan fingerprint density at radius 1 is 1.46 bits per heavy atom. The van der Waals surface area contributed by atoms with Crippen molar-refractivity contribution in [3.63, 3.8) is 0 Å².